The van der Waals surface area contributed by atoms with Gasteiger partial charge in [0.05, 0.1) is 11.1 Å². The van der Waals surface area contributed by atoms with E-state index in [2.05, 4.69) is 20.6 Å². The highest BCUT2D eigenvalue weighted by molar-refractivity contribution is 5.90. The molecule has 1 aliphatic rings. The Bertz CT molecular complexity index is 1140. The molecule has 1 heterocycles. The van der Waals surface area contributed by atoms with E-state index in [4.69, 9.17) is 0 Å². The molecule has 0 radical (unpaired) electrons. The third-order valence-corrected chi connectivity index (χ3v) is 6.19. The predicted molar refractivity (Wildman–Crippen MR) is 127 cm³/mol. The average molecular weight is 472 g/mol. The minimum atomic E-state index is -4.36. The highest BCUT2D eigenvalue weighted by atomic mass is 19.4. The number of carbonyl (C=O) groups is 1. The van der Waals surface area contributed by atoms with Crippen LogP contribution in [0, 0.1) is 5.92 Å². The Labute approximate surface area is 196 Å². The van der Waals surface area contributed by atoms with Crippen LogP contribution in [-0.4, -0.2) is 36.0 Å². The molecule has 0 aliphatic heterocycles. The molecule has 2 N–H and O–H groups in total. The van der Waals surface area contributed by atoms with Crippen LogP contribution in [0.4, 0.5) is 24.9 Å². The fourth-order valence-corrected chi connectivity index (χ4v) is 4.29. The number of nitrogens with one attached hydrogen (secondary N) is 2. The van der Waals surface area contributed by atoms with E-state index in [1.54, 1.807) is 0 Å². The van der Waals surface area contributed by atoms with Crippen molar-refractivity contribution in [2.45, 2.75) is 44.4 Å². The maximum absolute atomic E-state index is 12.7. The summed E-state index contributed by atoms with van der Waals surface area (Å²) in [5.41, 5.74) is 0.823. The maximum atomic E-state index is 12.7. The topological polar surface area (TPSA) is 70.2 Å². The number of nitrogens with zero attached hydrogens (tertiary/aromatic N) is 3. The Morgan fingerprint density at radius 1 is 1.00 bits per heavy atom. The Hall–Kier alpha value is -3.36. The number of amides is 1. The van der Waals surface area contributed by atoms with Crippen molar-refractivity contribution in [3.63, 3.8) is 0 Å². The molecule has 6 nitrogen and oxygen atoms in total. The SMILES string of the molecule is CN(C)c1nc(N[C@H]2CC[C@@H](C(=O)NCc3ccc(C(F)(F)F)cc3)CC2)nc2ccccc12. The fraction of sp³-hybridized carbons (Fsp3) is 0.400. The lowest BCUT2D eigenvalue weighted by Gasteiger charge is -2.28. The Balaban J connectivity index is 1.30. The van der Waals surface area contributed by atoms with Crippen LogP contribution in [0.15, 0.2) is 48.5 Å². The van der Waals surface area contributed by atoms with Gasteiger partial charge in [-0.2, -0.15) is 18.2 Å². The van der Waals surface area contributed by atoms with E-state index >= 15 is 0 Å². The van der Waals surface area contributed by atoms with E-state index in [1.165, 1.54) is 12.1 Å². The van der Waals surface area contributed by atoms with Crippen LogP contribution in [-0.2, 0) is 17.5 Å². The molecule has 0 bridgehead atoms. The molecule has 1 saturated carbocycles. The molecule has 1 fully saturated rings. The second-order valence-corrected chi connectivity index (χ2v) is 8.89. The van der Waals surface area contributed by atoms with Crippen LogP contribution < -0.4 is 15.5 Å². The van der Waals surface area contributed by atoms with Gasteiger partial charge in [0.2, 0.25) is 11.9 Å². The Kier molecular flexibility index (Phi) is 6.90. The molecular formula is C25H28F3N5O. The number of hydrogen-bond acceptors (Lipinski definition) is 5. The zero-order valence-corrected chi connectivity index (χ0v) is 19.2. The number of aromatic nitrogens is 2. The van der Waals surface area contributed by atoms with Crippen molar-refractivity contribution in [2.75, 3.05) is 24.3 Å². The monoisotopic (exact) mass is 471 g/mol. The van der Waals surface area contributed by atoms with Gasteiger partial charge in [0, 0.05) is 38.0 Å². The number of fused-ring (bicyclic) bond motifs is 1. The zero-order chi connectivity index (χ0) is 24.3. The van der Waals surface area contributed by atoms with Crippen molar-refractivity contribution < 1.29 is 18.0 Å². The molecule has 0 unspecified atom stereocenters. The van der Waals surface area contributed by atoms with E-state index in [0.717, 1.165) is 54.5 Å². The van der Waals surface area contributed by atoms with Gasteiger partial charge in [0.1, 0.15) is 5.82 Å². The quantitative estimate of drug-likeness (QED) is 0.529. The smallest absolute Gasteiger partial charge is 0.362 e. The van der Waals surface area contributed by atoms with Gasteiger partial charge in [-0.15, -0.1) is 0 Å². The highest BCUT2D eigenvalue weighted by Gasteiger charge is 2.30. The molecular weight excluding hydrogens is 443 g/mol. The second-order valence-electron chi connectivity index (χ2n) is 8.89. The fourth-order valence-electron chi connectivity index (χ4n) is 4.29. The molecule has 3 aromatic rings. The number of benzene rings is 2. The van der Waals surface area contributed by atoms with Crippen LogP contribution in [0.2, 0.25) is 0 Å². The molecule has 1 aliphatic carbocycles. The minimum absolute atomic E-state index is 0.0600. The predicted octanol–water partition coefficient (Wildman–Crippen LogP) is 5.00. The van der Waals surface area contributed by atoms with Crippen LogP contribution in [0.1, 0.15) is 36.8 Å². The normalized spacial score (nSPS) is 18.5. The number of hydrogen-bond donors (Lipinski definition) is 2. The first kappa shape index (κ1) is 23.8. The third kappa shape index (κ3) is 5.58. The van der Waals surface area contributed by atoms with E-state index in [9.17, 15) is 18.0 Å². The number of para-hydroxylation sites is 1. The first-order chi connectivity index (χ1) is 16.2. The van der Waals surface area contributed by atoms with Gasteiger partial charge < -0.3 is 15.5 Å². The summed E-state index contributed by atoms with van der Waals surface area (Å²) in [6, 6.07) is 12.9. The van der Waals surface area contributed by atoms with Crippen molar-refractivity contribution in [1.82, 2.24) is 15.3 Å². The van der Waals surface area contributed by atoms with E-state index in [0.29, 0.717) is 11.5 Å². The summed E-state index contributed by atoms with van der Waals surface area (Å²) in [4.78, 5) is 23.9. The molecule has 9 heteroatoms. The lowest BCUT2D eigenvalue weighted by Crippen LogP contribution is -2.36. The summed E-state index contributed by atoms with van der Waals surface area (Å²) >= 11 is 0. The molecule has 0 atom stereocenters. The lowest BCUT2D eigenvalue weighted by atomic mass is 9.85. The summed E-state index contributed by atoms with van der Waals surface area (Å²) in [7, 11) is 3.90. The van der Waals surface area contributed by atoms with Gasteiger partial charge >= 0.3 is 6.18 Å². The van der Waals surface area contributed by atoms with Crippen LogP contribution >= 0.6 is 0 Å². The van der Waals surface area contributed by atoms with Crippen molar-refractivity contribution in [2.24, 2.45) is 5.92 Å². The number of anilines is 2. The van der Waals surface area contributed by atoms with Crippen molar-refractivity contribution in [3.05, 3.63) is 59.7 Å². The van der Waals surface area contributed by atoms with Crippen LogP contribution in [0.25, 0.3) is 10.9 Å². The van der Waals surface area contributed by atoms with Gasteiger partial charge in [-0.25, -0.2) is 4.98 Å². The first-order valence-electron chi connectivity index (χ1n) is 11.3. The van der Waals surface area contributed by atoms with Gasteiger partial charge in [-0.1, -0.05) is 24.3 Å². The number of halogens is 3. The highest BCUT2D eigenvalue weighted by Crippen LogP contribution is 2.30. The number of alkyl halides is 3. The van der Waals surface area contributed by atoms with Gasteiger partial charge in [0.25, 0.3) is 0 Å². The summed E-state index contributed by atoms with van der Waals surface area (Å²) in [5, 5.41) is 7.28. The Morgan fingerprint density at radius 2 is 1.68 bits per heavy atom. The van der Waals surface area contributed by atoms with E-state index < -0.39 is 11.7 Å². The van der Waals surface area contributed by atoms with E-state index in [1.807, 2.05) is 43.3 Å². The molecule has 180 valence electrons. The van der Waals surface area contributed by atoms with Crippen molar-refractivity contribution in [3.8, 4) is 0 Å². The first-order valence-corrected chi connectivity index (χ1v) is 11.3. The van der Waals surface area contributed by atoms with E-state index in [-0.39, 0.29) is 24.4 Å². The van der Waals surface area contributed by atoms with Crippen molar-refractivity contribution in [1.29, 1.82) is 0 Å². The summed E-state index contributed by atoms with van der Waals surface area (Å²) in [6.07, 6.45) is -1.28. The lowest BCUT2D eigenvalue weighted by molar-refractivity contribution is -0.137. The molecule has 2 aromatic carbocycles. The van der Waals surface area contributed by atoms with Crippen LogP contribution in [0.3, 0.4) is 0 Å². The molecule has 0 spiro atoms. The standard InChI is InChI=1S/C25H28F3N5O/c1-33(2)22-20-5-3-4-6-21(20)31-24(32-22)30-19-13-9-17(10-14-19)23(34)29-15-16-7-11-18(12-8-16)25(26,27)28/h3-8,11-12,17,19H,9-10,13-15H2,1-2H3,(H,29,34)(H,30,31,32)/t17-,19+. The second kappa shape index (κ2) is 9.87. The van der Waals surface area contributed by atoms with Gasteiger partial charge in [0.15, 0.2) is 0 Å². The minimum Gasteiger partial charge on any atom is -0.362 e. The zero-order valence-electron chi connectivity index (χ0n) is 19.2. The maximum Gasteiger partial charge on any atom is 0.416 e. The molecule has 0 saturated heterocycles. The van der Waals surface area contributed by atoms with Crippen molar-refractivity contribution >= 4 is 28.6 Å². The molecule has 1 amide bonds. The Morgan fingerprint density at radius 3 is 2.32 bits per heavy atom. The molecule has 4 rings (SSSR count). The summed E-state index contributed by atoms with van der Waals surface area (Å²) < 4.78 is 38.1. The molecule has 34 heavy (non-hydrogen) atoms. The number of carbonyl (C=O) groups excluding carboxylic acids is 1. The van der Waals surface area contributed by atoms with Gasteiger partial charge in [-0.05, 0) is 55.5 Å². The largest absolute Gasteiger partial charge is 0.416 e. The summed E-state index contributed by atoms with van der Waals surface area (Å²) in [5.74, 6) is 1.26. The number of rotatable bonds is 6. The van der Waals surface area contributed by atoms with Gasteiger partial charge in [-0.3, -0.25) is 4.79 Å². The van der Waals surface area contributed by atoms with Crippen LogP contribution in [0.5, 0.6) is 0 Å². The molecule has 1 aromatic heterocycles. The summed E-state index contributed by atoms with van der Waals surface area (Å²) in [6.45, 7) is 0.216. The average Bonchev–Trinajstić information content (AvgIpc) is 2.82. The third-order valence-electron chi connectivity index (χ3n) is 6.19.